The summed E-state index contributed by atoms with van der Waals surface area (Å²) in [6, 6.07) is 1.41. The number of hydrogen-bond acceptors (Lipinski definition) is 4. The fourth-order valence-electron chi connectivity index (χ4n) is 0.218. The third kappa shape index (κ3) is 4.96. The zero-order chi connectivity index (χ0) is 7.28. The summed E-state index contributed by atoms with van der Waals surface area (Å²) in [6.07, 6.45) is 0.589. The van der Waals surface area contributed by atoms with Crippen LogP contribution in [0.15, 0.2) is 11.8 Å². The molecule has 4 nitrogen and oxygen atoms in total. The van der Waals surface area contributed by atoms with Crippen LogP contribution in [0, 0.1) is 11.3 Å². The Labute approximate surface area is 101 Å². The number of carbonyl (C=O) groups is 1. The van der Waals surface area contributed by atoms with Crippen molar-refractivity contribution in [2.75, 3.05) is 7.11 Å². The van der Waals surface area contributed by atoms with Gasteiger partial charge in [0.25, 0.3) is 0 Å². The number of nitrogens with zero attached hydrogens (tertiary/aromatic N) is 1. The maximum Gasteiger partial charge on any atom is 1.00 e. The molecule has 0 aromatic heterocycles. The van der Waals surface area contributed by atoms with E-state index in [0.717, 1.165) is 7.11 Å². The minimum Gasteiger partial charge on any atom is -0.867 e. The van der Waals surface area contributed by atoms with E-state index in [2.05, 4.69) is 4.74 Å². The number of allylic oxidation sites excluding steroid dienone is 1. The van der Waals surface area contributed by atoms with Crippen LogP contribution in [0.1, 0.15) is 0 Å². The van der Waals surface area contributed by atoms with E-state index < -0.39 is 11.7 Å². The maximum absolute atomic E-state index is 10.2. The average molecular weight is 165 g/mol. The summed E-state index contributed by atoms with van der Waals surface area (Å²) in [6.45, 7) is 0. The minimum absolute atomic E-state index is 0. The number of rotatable bonds is 1. The van der Waals surface area contributed by atoms with Crippen LogP contribution in [0.3, 0.4) is 0 Å². The first kappa shape index (κ1) is 12.8. The van der Waals surface area contributed by atoms with E-state index in [1.807, 2.05) is 0 Å². The van der Waals surface area contributed by atoms with Crippen molar-refractivity contribution in [3.8, 4) is 6.07 Å². The van der Waals surface area contributed by atoms with Gasteiger partial charge >= 0.3 is 57.4 Å². The molecule has 0 atom stereocenters. The fourth-order valence-corrected chi connectivity index (χ4v) is 0.218. The van der Waals surface area contributed by atoms with Crippen molar-refractivity contribution in [2.24, 2.45) is 0 Å². The van der Waals surface area contributed by atoms with Gasteiger partial charge in [0.1, 0.15) is 0 Å². The van der Waals surface area contributed by atoms with Crippen molar-refractivity contribution in [1.82, 2.24) is 0 Å². The van der Waals surface area contributed by atoms with Crippen molar-refractivity contribution < 1.29 is 66.0 Å². The van der Waals surface area contributed by atoms with E-state index in [1.54, 1.807) is 0 Å². The molecule has 0 saturated heterocycles. The second-order valence-electron chi connectivity index (χ2n) is 1.13. The summed E-state index contributed by atoms with van der Waals surface area (Å²) in [4.78, 5) is 10.1. The Balaban J connectivity index is 0. The molecular weight excluding hydrogens is 161 g/mol. The molecule has 0 radical (unpaired) electrons. The molecule has 0 rings (SSSR count). The number of nitriles is 1. The molecule has 10 heavy (non-hydrogen) atoms. The summed E-state index contributed by atoms with van der Waals surface area (Å²) in [5.74, 6) is -1.95. The van der Waals surface area contributed by atoms with Gasteiger partial charge in [0, 0.05) is 6.08 Å². The maximum atomic E-state index is 10.2. The first-order valence-corrected chi connectivity index (χ1v) is 2.07. The molecule has 0 aromatic carbocycles. The Bertz CT molecular complexity index is 182. The Hall–Kier alpha value is 0.136. The van der Waals surface area contributed by atoms with Crippen molar-refractivity contribution in [2.45, 2.75) is 0 Å². The number of methoxy groups -OCH3 is 1. The van der Waals surface area contributed by atoms with E-state index >= 15 is 0 Å². The van der Waals surface area contributed by atoms with Crippen molar-refractivity contribution in [1.29, 1.82) is 5.26 Å². The van der Waals surface area contributed by atoms with Gasteiger partial charge in [0.2, 0.25) is 0 Å². The molecule has 0 aromatic rings. The van der Waals surface area contributed by atoms with Crippen LogP contribution in [0.2, 0.25) is 0 Å². The molecule has 0 saturated carbocycles. The van der Waals surface area contributed by atoms with E-state index in [1.165, 1.54) is 6.07 Å². The van der Waals surface area contributed by atoms with Gasteiger partial charge < -0.3 is 9.84 Å². The standard InChI is InChI=1S/C5H5NO3.K/c1-9-5(8)4(7)2-3-6;/h2,7H,1H3;/q;+1/p-1/b4-2-;. The van der Waals surface area contributed by atoms with Crippen LogP contribution in [-0.4, -0.2) is 13.1 Å². The van der Waals surface area contributed by atoms with Crippen LogP contribution in [0.4, 0.5) is 0 Å². The van der Waals surface area contributed by atoms with E-state index in [-0.39, 0.29) is 51.4 Å². The quantitative estimate of drug-likeness (QED) is 0.130. The summed E-state index contributed by atoms with van der Waals surface area (Å²) >= 11 is 0. The van der Waals surface area contributed by atoms with Crippen LogP contribution in [-0.2, 0) is 9.53 Å². The molecule has 0 heterocycles. The monoisotopic (exact) mass is 165 g/mol. The number of hydrogen-bond donors (Lipinski definition) is 0. The molecule has 0 aliphatic heterocycles. The first-order valence-electron chi connectivity index (χ1n) is 2.07. The topological polar surface area (TPSA) is 73.2 Å². The number of ether oxygens (including phenoxy) is 1. The van der Waals surface area contributed by atoms with Gasteiger partial charge in [-0.1, -0.05) is 0 Å². The SMILES string of the molecule is COC(=O)/C([O-])=C/C#N.[K+]. The largest absolute Gasteiger partial charge is 1.00 e. The molecular formula is C5H4KNO3. The van der Waals surface area contributed by atoms with Crippen molar-refractivity contribution in [3.63, 3.8) is 0 Å². The van der Waals surface area contributed by atoms with Gasteiger partial charge in [-0.3, -0.25) is 0 Å². The average Bonchev–Trinajstić information content (AvgIpc) is 1.87. The third-order valence-electron chi connectivity index (χ3n) is 0.582. The van der Waals surface area contributed by atoms with Gasteiger partial charge in [-0.15, -0.1) is 0 Å². The number of esters is 1. The molecule has 0 aliphatic rings. The van der Waals surface area contributed by atoms with Crippen LogP contribution >= 0.6 is 0 Å². The third-order valence-corrected chi connectivity index (χ3v) is 0.582. The molecule has 0 N–H and O–H groups in total. The van der Waals surface area contributed by atoms with Gasteiger partial charge in [-0.2, -0.15) is 5.26 Å². The van der Waals surface area contributed by atoms with Gasteiger partial charge in [-0.05, 0) is 5.76 Å². The Kier molecular flexibility index (Phi) is 9.26. The zero-order valence-electron chi connectivity index (χ0n) is 5.75. The summed E-state index contributed by atoms with van der Waals surface area (Å²) in [5, 5.41) is 18.1. The molecule has 0 fully saturated rings. The molecule has 0 bridgehead atoms. The summed E-state index contributed by atoms with van der Waals surface area (Å²) in [5.41, 5.74) is 0. The molecule has 0 aliphatic carbocycles. The smallest absolute Gasteiger partial charge is 0.867 e. The Morgan fingerprint density at radius 1 is 1.80 bits per heavy atom. The number of carbonyl (C=O) groups excluding carboxylic acids is 1. The van der Waals surface area contributed by atoms with Gasteiger partial charge in [0.15, 0.2) is 0 Å². The van der Waals surface area contributed by atoms with Crippen molar-refractivity contribution in [3.05, 3.63) is 11.8 Å². The van der Waals surface area contributed by atoms with Crippen molar-refractivity contribution >= 4 is 5.97 Å². The summed E-state index contributed by atoms with van der Waals surface area (Å²) < 4.78 is 3.99. The second kappa shape index (κ2) is 7.25. The zero-order valence-corrected chi connectivity index (χ0v) is 8.87. The van der Waals surface area contributed by atoms with E-state index in [0.29, 0.717) is 6.08 Å². The van der Waals surface area contributed by atoms with E-state index in [9.17, 15) is 9.90 Å². The fraction of sp³-hybridized carbons (Fsp3) is 0.200. The Morgan fingerprint density at radius 2 is 2.30 bits per heavy atom. The molecule has 5 heteroatoms. The summed E-state index contributed by atoms with van der Waals surface area (Å²) in [7, 11) is 1.07. The van der Waals surface area contributed by atoms with Crippen LogP contribution in [0.5, 0.6) is 0 Å². The van der Waals surface area contributed by atoms with E-state index in [4.69, 9.17) is 5.26 Å². The predicted octanol–water partition coefficient (Wildman–Crippen LogP) is -4.07. The normalized spacial score (nSPS) is 9.00. The molecule has 0 spiro atoms. The predicted molar refractivity (Wildman–Crippen MR) is 25.7 cm³/mol. The van der Waals surface area contributed by atoms with Crippen LogP contribution in [0.25, 0.3) is 0 Å². The van der Waals surface area contributed by atoms with Gasteiger partial charge in [0.05, 0.1) is 13.2 Å². The molecule has 0 amide bonds. The minimum atomic E-state index is -1.02. The Morgan fingerprint density at radius 3 is 2.60 bits per heavy atom. The molecule has 48 valence electrons. The second-order valence-corrected chi connectivity index (χ2v) is 1.13. The van der Waals surface area contributed by atoms with Gasteiger partial charge in [-0.25, -0.2) is 4.79 Å². The molecule has 0 unspecified atom stereocenters. The first-order chi connectivity index (χ1) is 4.22. The van der Waals surface area contributed by atoms with Crippen LogP contribution < -0.4 is 56.5 Å².